The van der Waals surface area contributed by atoms with Crippen molar-refractivity contribution in [2.24, 2.45) is 5.92 Å². The molecule has 0 aliphatic carbocycles. The molecule has 120 valence electrons. The first-order valence-corrected chi connectivity index (χ1v) is 8.60. The lowest BCUT2D eigenvalue weighted by molar-refractivity contribution is 0.117. The molecule has 0 radical (unpaired) electrons. The number of nitrogens with one attached hydrogen (secondary N) is 1. The van der Waals surface area contributed by atoms with Crippen molar-refractivity contribution < 1.29 is 4.74 Å². The average molecular weight is 291 g/mol. The smallest absolute Gasteiger partial charge is 0.0469 e. The minimum atomic E-state index is 0.667. The second-order valence-corrected chi connectivity index (χ2v) is 6.01. The van der Waals surface area contributed by atoms with Crippen LogP contribution >= 0.6 is 0 Å². The minimum absolute atomic E-state index is 0.667. The minimum Gasteiger partial charge on any atom is -0.381 e. The Balaban J connectivity index is 2.37. The maximum Gasteiger partial charge on any atom is 0.0469 e. The largest absolute Gasteiger partial charge is 0.381 e. The van der Waals surface area contributed by atoms with E-state index in [9.17, 15) is 0 Å². The second kappa shape index (κ2) is 11.8. The zero-order chi connectivity index (χ0) is 15.3. The maximum atomic E-state index is 5.74. The highest BCUT2D eigenvalue weighted by molar-refractivity contribution is 5.21. The van der Waals surface area contributed by atoms with Crippen molar-refractivity contribution in [2.45, 2.75) is 52.9 Å². The molecule has 0 heterocycles. The van der Waals surface area contributed by atoms with Crippen LogP contribution in [0, 0.1) is 12.8 Å². The predicted molar refractivity (Wildman–Crippen MR) is 91.9 cm³/mol. The number of aryl methyl sites for hydroxylation is 1. The van der Waals surface area contributed by atoms with Crippen molar-refractivity contribution in [3.8, 4) is 0 Å². The molecule has 0 aliphatic rings. The van der Waals surface area contributed by atoms with Gasteiger partial charge in [-0.15, -0.1) is 0 Å². The summed E-state index contributed by atoms with van der Waals surface area (Å²) in [5, 5.41) is 3.56. The summed E-state index contributed by atoms with van der Waals surface area (Å²) in [7, 11) is 0. The Labute approximate surface area is 131 Å². The van der Waals surface area contributed by atoms with Gasteiger partial charge in [-0.3, -0.25) is 0 Å². The highest BCUT2D eigenvalue weighted by Gasteiger charge is 2.09. The molecular weight excluding hydrogens is 258 g/mol. The zero-order valence-electron chi connectivity index (χ0n) is 14.2. The molecule has 1 aromatic rings. The van der Waals surface area contributed by atoms with Crippen LogP contribution in [0.3, 0.4) is 0 Å². The molecule has 0 aromatic heterocycles. The molecular formula is C19H33NO. The summed E-state index contributed by atoms with van der Waals surface area (Å²) < 4.78 is 5.74. The Bertz CT molecular complexity index is 347. The maximum absolute atomic E-state index is 5.74. The molecule has 1 aromatic carbocycles. The molecule has 1 N–H and O–H groups in total. The lowest BCUT2D eigenvalue weighted by Crippen LogP contribution is -2.26. The van der Waals surface area contributed by atoms with Gasteiger partial charge in [0.25, 0.3) is 0 Å². The number of ether oxygens (including phenoxy) is 1. The molecule has 21 heavy (non-hydrogen) atoms. The van der Waals surface area contributed by atoms with Gasteiger partial charge in [-0.05, 0) is 57.2 Å². The van der Waals surface area contributed by atoms with Crippen LogP contribution in [0.15, 0.2) is 24.3 Å². The molecule has 0 aliphatic heterocycles. The van der Waals surface area contributed by atoms with Gasteiger partial charge in [0.1, 0.15) is 0 Å². The van der Waals surface area contributed by atoms with Crippen molar-refractivity contribution >= 4 is 0 Å². The van der Waals surface area contributed by atoms with E-state index in [-0.39, 0.29) is 0 Å². The number of hydrogen-bond acceptors (Lipinski definition) is 2. The fourth-order valence-corrected chi connectivity index (χ4v) is 2.42. The number of rotatable bonds is 12. The van der Waals surface area contributed by atoms with Crippen molar-refractivity contribution in [1.82, 2.24) is 5.32 Å². The summed E-state index contributed by atoms with van der Waals surface area (Å²) in [5.74, 6) is 0.667. The summed E-state index contributed by atoms with van der Waals surface area (Å²) >= 11 is 0. The molecule has 0 saturated carbocycles. The van der Waals surface area contributed by atoms with E-state index in [0.29, 0.717) is 5.92 Å². The summed E-state index contributed by atoms with van der Waals surface area (Å²) in [6.45, 7) is 10.6. The quantitative estimate of drug-likeness (QED) is 0.578. The SMILES string of the molecule is CCCCOCCC(CNCCC)Cc1ccc(C)cc1. The third-order valence-electron chi connectivity index (χ3n) is 3.82. The topological polar surface area (TPSA) is 21.3 Å². The molecule has 2 nitrogen and oxygen atoms in total. The van der Waals surface area contributed by atoms with E-state index in [1.807, 2.05) is 0 Å². The Morgan fingerprint density at radius 2 is 1.81 bits per heavy atom. The van der Waals surface area contributed by atoms with Crippen LogP contribution in [-0.4, -0.2) is 26.3 Å². The Kier molecular flexibility index (Phi) is 10.2. The summed E-state index contributed by atoms with van der Waals surface area (Å²) in [6, 6.07) is 8.95. The standard InChI is InChI=1S/C19H33NO/c1-4-6-13-21-14-11-19(16-20-12-5-2)15-18-9-7-17(3)8-10-18/h7-10,19-20H,4-6,11-16H2,1-3H3. The van der Waals surface area contributed by atoms with Gasteiger partial charge in [-0.25, -0.2) is 0 Å². The van der Waals surface area contributed by atoms with E-state index in [1.54, 1.807) is 0 Å². The molecule has 0 saturated heterocycles. The van der Waals surface area contributed by atoms with Gasteiger partial charge in [-0.2, -0.15) is 0 Å². The fourth-order valence-electron chi connectivity index (χ4n) is 2.42. The van der Waals surface area contributed by atoms with Crippen LogP contribution in [0.4, 0.5) is 0 Å². The Hall–Kier alpha value is -0.860. The van der Waals surface area contributed by atoms with E-state index in [2.05, 4.69) is 50.4 Å². The van der Waals surface area contributed by atoms with E-state index < -0.39 is 0 Å². The normalized spacial score (nSPS) is 12.5. The van der Waals surface area contributed by atoms with E-state index >= 15 is 0 Å². The van der Waals surface area contributed by atoms with Gasteiger partial charge in [0.15, 0.2) is 0 Å². The molecule has 0 bridgehead atoms. The summed E-state index contributed by atoms with van der Waals surface area (Å²) in [4.78, 5) is 0. The molecule has 1 unspecified atom stereocenters. The van der Waals surface area contributed by atoms with Gasteiger partial charge in [0.2, 0.25) is 0 Å². The van der Waals surface area contributed by atoms with E-state index in [4.69, 9.17) is 4.74 Å². The number of benzene rings is 1. The summed E-state index contributed by atoms with van der Waals surface area (Å²) in [6.07, 6.45) is 5.88. The molecule has 0 spiro atoms. The molecule has 0 amide bonds. The van der Waals surface area contributed by atoms with Gasteiger partial charge in [-0.1, -0.05) is 50.1 Å². The number of unbranched alkanes of at least 4 members (excludes halogenated alkanes) is 1. The van der Waals surface area contributed by atoms with Gasteiger partial charge < -0.3 is 10.1 Å². The highest BCUT2D eigenvalue weighted by Crippen LogP contribution is 2.13. The molecule has 0 fully saturated rings. The van der Waals surface area contributed by atoms with Crippen LogP contribution in [0.1, 0.15) is 50.7 Å². The van der Waals surface area contributed by atoms with Crippen molar-refractivity contribution in [3.05, 3.63) is 35.4 Å². The van der Waals surface area contributed by atoms with Crippen molar-refractivity contribution in [2.75, 3.05) is 26.3 Å². The first kappa shape index (κ1) is 18.2. The lowest BCUT2D eigenvalue weighted by atomic mass is 9.96. The summed E-state index contributed by atoms with van der Waals surface area (Å²) in [5.41, 5.74) is 2.78. The first-order valence-electron chi connectivity index (χ1n) is 8.60. The Morgan fingerprint density at radius 1 is 1.05 bits per heavy atom. The molecule has 1 rings (SSSR count). The van der Waals surface area contributed by atoms with Crippen LogP contribution in [0.25, 0.3) is 0 Å². The van der Waals surface area contributed by atoms with E-state index in [0.717, 1.165) is 39.1 Å². The fraction of sp³-hybridized carbons (Fsp3) is 0.684. The molecule has 2 heteroatoms. The third kappa shape index (κ3) is 8.90. The third-order valence-corrected chi connectivity index (χ3v) is 3.82. The second-order valence-electron chi connectivity index (χ2n) is 6.01. The van der Waals surface area contributed by atoms with Crippen LogP contribution < -0.4 is 5.32 Å². The van der Waals surface area contributed by atoms with Crippen LogP contribution in [0.2, 0.25) is 0 Å². The Morgan fingerprint density at radius 3 is 2.48 bits per heavy atom. The van der Waals surface area contributed by atoms with Crippen molar-refractivity contribution in [1.29, 1.82) is 0 Å². The lowest BCUT2D eigenvalue weighted by Gasteiger charge is -2.18. The monoisotopic (exact) mass is 291 g/mol. The number of hydrogen-bond donors (Lipinski definition) is 1. The van der Waals surface area contributed by atoms with E-state index in [1.165, 1.54) is 30.4 Å². The first-order chi connectivity index (χ1) is 10.3. The zero-order valence-corrected chi connectivity index (χ0v) is 14.2. The molecule has 1 atom stereocenters. The van der Waals surface area contributed by atoms with Crippen molar-refractivity contribution in [3.63, 3.8) is 0 Å². The predicted octanol–water partition coefficient (Wildman–Crippen LogP) is 4.36. The van der Waals surface area contributed by atoms with Gasteiger partial charge in [0.05, 0.1) is 0 Å². The van der Waals surface area contributed by atoms with Crippen LogP contribution in [-0.2, 0) is 11.2 Å². The van der Waals surface area contributed by atoms with Gasteiger partial charge in [0, 0.05) is 13.2 Å². The highest BCUT2D eigenvalue weighted by atomic mass is 16.5. The van der Waals surface area contributed by atoms with Crippen LogP contribution in [0.5, 0.6) is 0 Å². The average Bonchev–Trinajstić information content (AvgIpc) is 2.49. The van der Waals surface area contributed by atoms with Gasteiger partial charge >= 0.3 is 0 Å².